The molecule has 3 heterocycles. The van der Waals surface area contributed by atoms with E-state index in [0.29, 0.717) is 30.9 Å². The number of carbonyl (C=O) groups is 2. The predicted octanol–water partition coefficient (Wildman–Crippen LogP) is 3.40. The fourth-order valence-corrected chi connectivity index (χ4v) is 4.23. The molecule has 0 radical (unpaired) electrons. The minimum atomic E-state index is -0.163. The Hall–Kier alpha value is -3.15. The van der Waals surface area contributed by atoms with Crippen LogP contribution < -0.4 is 4.90 Å². The highest BCUT2D eigenvalue weighted by molar-refractivity contribution is 6.35. The largest absolute Gasteiger partial charge is 0.363 e. The maximum absolute atomic E-state index is 13.4. The van der Waals surface area contributed by atoms with Crippen molar-refractivity contribution in [3.8, 4) is 0 Å². The van der Waals surface area contributed by atoms with E-state index >= 15 is 0 Å². The van der Waals surface area contributed by atoms with Crippen LogP contribution in [0.4, 0.5) is 5.82 Å². The molecule has 1 fully saturated rings. The van der Waals surface area contributed by atoms with Crippen molar-refractivity contribution < 1.29 is 9.59 Å². The van der Waals surface area contributed by atoms with E-state index in [-0.39, 0.29) is 11.8 Å². The van der Waals surface area contributed by atoms with Crippen LogP contribution in [-0.4, -0.2) is 59.3 Å². The maximum Gasteiger partial charge on any atom is 0.277 e. The summed E-state index contributed by atoms with van der Waals surface area (Å²) in [4.78, 5) is 36.9. The van der Waals surface area contributed by atoms with Gasteiger partial charge in [0.1, 0.15) is 11.5 Å². The van der Waals surface area contributed by atoms with E-state index in [4.69, 9.17) is 0 Å². The lowest BCUT2D eigenvalue weighted by Crippen LogP contribution is -2.48. The number of unbranched alkanes of at least 4 members (excludes halogenated alkanes) is 1. The molecule has 2 amide bonds. The Morgan fingerprint density at radius 3 is 2.29 bits per heavy atom. The van der Waals surface area contributed by atoms with E-state index in [0.717, 1.165) is 42.9 Å². The summed E-state index contributed by atoms with van der Waals surface area (Å²) in [7, 11) is 0. The first-order valence-electron chi connectivity index (χ1n) is 11.1. The fraction of sp³-hybridized carbons (Fsp3) is 0.400. The number of rotatable bonds is 6. The van der Waals surface area contributed by atoms with Crippen LogP contribution in [0.1, 0.15) is 36.5 Å². The van der Waals surface area contributed by atoms with Crippen molar-refractivity contribution in [1.82, 2.24) is 14.8 Å². The topological polar surface area (TPSA) is 56.8 Å². The Bertz CT molecular complexity index is 1010. The molecular weight excluding hydrogens is 388 g/mol. The van der Waals surface area contributed by atoms with Crippen LogP contribution in [-0.2, 0) is 9.59 Å². The molecule has 1 saturated heterocycles. The molecule has 31 heavy (non-hydrogen) atoms. The van der Waals surface area contributed by atoms with Gasteiger partial charge < -0.3 is 9.80 Å². The molecule has 4 rings (SSSR count). The average Bonchev–Trinajstić information content (AvgIpc) is 3.04. The molecule has 0 unspecified atom stereocenters. The third-order valence-corrected chi connectivity index (χ3v) is 6.24. The number of pyridine rings is 1. The molecule has 0 aliphatic carbocycles. The second-order valence-electron chi connectivity index (χ2n) is 8.30. The Morgan fingerprint density at radius 1 is 0.903 bits per heavy atom. The molecule has 2 aliphatic heterocycles. The van der Waals surface area contributed by atoms with Crippen molar-refractivity contribution in [2.75, 3.05) is 37.6 Å². The van der Waals surface area contributed by atoms with E-state index < -0.39 is 0 Å². The standard InChI is InChI=1S/C25H30N4O2/c1-4-5-12-29-24(30)22(20-10-9-18(2)19(3)17-20)23(25(29)31)28-15-13-27(14-16-28)21-8-6-7-11-26-21/h6-11,17H,4-5,12-16H2,1-3H3. The summed E-state index contributed by atoms with van der Waals surface area (Å²) in [5, 5.41) is 0. The number of imide groups is 1. The van der Waals surface area contributed by atoms with Gasteiger partial charge in [-0.25, -0.2) is 4.98 Å². The van der Waals surface area contributed by atoms with Gasteiger partial charge in [-0.3, -0.25) is 14.5 Å². The molecule has 2 aliphatic rings. The number of benzene rings is 1. The number of hydrogen-bond donors (Lipinski definition) is 0. The first kappa shape index (κ1) is 21.1. The van der Waals surface area contributed by atoms with E-state index in [9.17, 15) is 9.59 Å². The summed E-state index contributed by atoms with van der Waals surface area (Å²) in [6.07, 6.45) is 3.55. The third kappa shape index (κ3) is 4.07. The second kappa shape index (κ2) is 8.92. The molecular formula is C25H30N4O2. The quantitative estimate of drug-likeness (QED) is 0.673. The maximum atomic E-state index is 13.4. The highest BCUT2D eigenvalue weighted by atomic mass is 16.2. The Kier molecular flexibility index (Phi) is 6.07. The predicted molar refractivity (Wildman–Crippen MR) is 122 cm³/mol. The van der Waals surface area contributed by atoms with Crippen LogP contribution in [0.2, 0.25) is 0 Å². The summed E-state index contributed by atoms with van der Waals surface area (Å²) in [6.45, 7) is 9.53. The van der Waals surface area contributed by atoms with Crippen molar-refractivity contribution in [2.24, 2.45) is 0 Å². The van der Waals surface area contributed by atoms with Crippen LogP contribution in [0.15, 0.2) is 48.3 Å². The number of aryl methyl sites for hydroxylation is 2. The molecule has 6 heteroatoms. The lowest BCUT2D eigenvalue weighted by Gasteiger charge is -2.37. The van der Waals surface area contributed by atoms with Gasteiger partial charge in [0.2, 0.25) is 0 Å². The number of hydrogen-bond acceptors (Lipinski definition) is 5. The minimum Gasteiger partial charge on any atom is -0.363 e. The molecule has 0 N–H and O–H groups in total. The van der Waals surface area contributed by atoms with E-state index in [1.807, 2.05) is 43.3 Å². The molecule has 162 valence electrons. The fourth-order valence-electron chi connectivity index (χ4n) is 4.23. The van der Waals surface area contributed by atoms with Gasteiger partial charge in [0.25, 0.3) is 11.8 Å². The number of amides is 2. The Labute approximate surface area is 184 Å². The van der Waals surface area contributed by atoms with Crippen molar-refractivity contribution in [3.63, 3.8) is 0 Å². The first-order chi connectivity index (χ1) is 15.0. The van der Waals surface area contributed by atoms with Gasteiger partial charge in [-0.05, 0) is 49.1 Å². The smallest absolute Gasteiger partial charge is 0.277 e. The highest BCUT2D eigenvalue weighted by Crippen LogP contribution is 2.33. The van der Waals surface area contributed by atoms with Gasteiger partial charge in [-0.1, -0.05) is 37.6 Å². The summed E-state index contributed by atoms with van der Waals surface area (Å²) < 4.78 is 0. The normalized spacial score (nSPS) is 17.2. The Balaban J connectivity index is 1.65. The zero-order chi connectivity index (χ0) is 22.0. The van der Waals surface area contributed by atoms with Crippen LogP contribution in [0.5, 0.6) is 0 Å². The number of carbonyl (C=O) groups excluding carboxylic acids is 2. The first-order valence-corrected chi connectivity index (χ1v) is 11.1. The van der Waals surface area contributed by atoms with Gasteiger partial charge in [-0.15, -0.1) is 0 Å². The van der Waals surface area contributed by atoms with E-state index in [2.05, 4.69) is 28.6 Å². The van der Waals surface area contributed by atoms with Gasteiger partial charge in [0.15, 0.2) is 0 Å². The van der Waals surface area contributed by atoms with E-state index in [1.165, 1.54) is 10.5 Å². The number of anilines is 1. The molecule has 6 nitrogen and oxygen atoms in total. The lowest BCUT2D eigenvalue weighted by molar-refractivity contribution is -0.137. The van der Waals surface area contributed by atoms with Crippen LogP contribution in [0.25, 0.3) is 5.57 Å². The van der Waals surface area contributed by atoms with Crippen molar-refractivity contribution >= 4 is 23.2 Å². The van der Waals surface area contributed by atoms with Crippen LogP contribution >= 0.6 is 0 Å². The molecule has 2 aromatic rings. The van der Waals surface area contributed by atoms with Crippen LogP contribution in [0.3, 0.4) is 0 Å². The molecule has 1 aromatic heterocycles. The SMILES string of the molecule is CCCCN1C(=O)C(c2ccc(C)c(C)c2)=C(N2CCN(c3ccccn3)CC2)C1=O. The van der Waals surface area contributed by atoms with Gasteiger partial charge in [0.05, 0.1) is 5.57 Å². The summed E-state index contributed by atoms with van der Waals surface area (Å²) in [6, 6.07) is 11.9. The van der Waals surface area contributed by atoms with E-state index in [1.54, 1.807) is 6.20 Å². The summed E-state index contributed by atoms with van der Waals surface area (Å²) in [5.41, 5.74) is 4.24. The zero-order valence-corrected chi connectivity index (χ0v) is 18.6. The molecule has 0 saturated carbocycles. The molecule has 1 aromatic carbocycles. The third-order valence-electron chi connectivity index (χ3n) is 6.24. The van der Waals surface area contributed by atoms with Crippen molar-refractivity contribution in [1.29, 1.82) is 0 Å². The minimum absolute atomic E-state index is 0.155. The van der Waals surface area contributed by atoms with Crippen molar-refractivity contribution in [3.05, 3.63) is 65.0 Å². The number of nitrogens with zero attached hydrogens (tertiary/aromatic N) is 4. The van der Waals surface area contributed by atoms with Gasteiger partial charge in [0, 0.05) is 38.9 Å². The molecule has 0 spiro atoms. The average molecular weight is 419 g/mol. The molecule has 0 atom stereocenters. The van der Waals surface area contributed by atoms with Crippen LogP contribution in [0, 0.1) is 13.8 Å². The Morgan fingerprint density at radius 2 is 1.65 bits per heavy atom. The van der Waals surface area contributed by atoms with Gasteiger partial charge >= 0.3 is 0 Å². The monoisotopic (exact) mass is 418 g/mol. The summed E-state index contributed by atoms with van der Waals surface area (Å²) >= 11 is 0. The molecule has 0 bridgehead atoms. The zero-order valence-electron chi connectivity index (χ0n) is 18.6. The highest BCUT2D eigenvalue weighted by Gasteiger charge is 2.41. The number of aromatic nitrogens is 1. The lowest BCUT2D eigenvalue weighted by atomic mass is 9.99. The summed E-state index contributed by atoms with van der Waals surface area (Å²) in [5.74, 6) is 0.630. The van der Waals surface area contributed by atoms with Gasteiger partial charge in [-0.2, -0.15) is 0 Å². The number of piperazine rings is 1. The second-order valence-corrected chi connectivity index (χ2v) is 8.30. The van der Waals surface area contributed by atoms with Crippen molar-refractivity contribution in [2.45, 2.75) is 33.6 Å².